The monoisotopic (exact) mass is 453 g/mol. The van der Waals surface area contributed by atoms with E-state index in [9.17, 15) is 0 Å². The second kappa shape index (κ2) is 9.76. The van der Waals surface area contributed by atoms with Crippen LogP contribution in [0, 0.1) is 11.8 Å². The summed E-state index contributed by atoms with van der Waals surface area (Å²) in [5.41, 5.74) is 0. The van der Waals surface area contributed by atoms with Crippen molar-refractivity contribution in [2.24, 2.45) is 18.9 Å². The van der Waals surface area contributed by atoms with E-state index < -0.39 is 0 Å². The average Bonchev–Trinajstić information content (AvgIpc) is 3.35. The topological polar surface area (TPSA) is 41.9 Å². The highest BCUT2D eigenvalue weighted by Gasteiger charge is 2.34. The van der Waals surface area contributed by atoms with E-state index in [-0.39, 0.29) is 12.2 Å². The van der Waals surface area contributed by atoms with Crippen LogP contribution in [0.1, 0.15) is 51.4 Å². The van der Waals surface area contributed by atoms with Crippen LogP contribution in [-0.4, -0.2) is 53.0 Å². The highest BCUT2D eigenvalue weighted by Crippen LogP contribution is 2.50. The van der Waals surface area contributed by atoms with Crippen molar-refractivity contribution >= 4 is 23.5 Å². The molecule has 0 N–H and O–H groups in total. The van der Waals surface area contributed by atoms with Crippen LogP contribution < -0.4 is 18.9 Å². The number of hydrogen-bond acceptors (Lipinski definition) is 6. The quantitative estimate of drug-likeness (QED) is 0.488. The first-order chi connectivity index (χ1) is 14.8. The van der Waals surface area contributed by atoms with E-state index >= 15 is 0 Å². The molecule has 4 fully saturated rings. The lowest BCUT2D eigenvalue weighted by molar-refractivity contribution is 0.150. The largest absolute Gasteiger partial charge is 0.485 e. The molecule has 0 aromatic carbocycles. The van der Waals surface area contributed by atoms with Crippen LogP contribution in [0.15, 0.2) is 0 Å². The molecule has 2 aliphatic carbocycles. The molecule has 0 amide bonds. The third kappa shape index (κ3) is 4.98. The van der Waals surface area contributed by atoms with Gasteiger partial charge in [-0.1, -0.05) is 6.42 Å². The molecule has 0 spiro atoms. The van der Waals surface area contributed by atoms with Crippen molar-refractivity contribution in [3.05, 3.63) is 0 Å². The summed E-state index contributed by atoms with van der Waals surface area (Å²) in [7, 11) is 2.04. The molecule has 1 unspecified atom stereocenters. The van der Waals surface area contributed by atoms with Crippen LogP contribution in [0.4, 0.5) is 0 Å². The van der Waals surface area contributed by atoms with E-state index in [0.29, 0.717) is 11.8 Å². The standard InChI is InChI=1S/C23H35NO4S2/c1-24-22(26-14-16-3-2-4-16)20(25-13-17-5-6-17)21(27-19-9-12-30-15-19)23(24)28-18-7-10-29-11-8-18/h16-19H,2-15H2,1H3. The Morgan fingerprint density at radius 1 is 0.733 bits per heavy atom. The van der Waals surface area contributed by atoms with Crippen molar-refractivity contribution in [1.82, 2.24) is 4.57 Å². The van der Waals surface area contributed by atoms with Gasteiger partial charge in [-0.15, -0.1) is 0 Å². The molecule has 2 aliphatic heterocycles. The first kappa shape index (κ1) is 21.0. The van der Waals surface area contributed by atoms with Gasteiger partial charge in [-0.3, -0.25) is 4.57 Å². The van der Waals surface area contributed by atoms with Crippen molar-refractivity contribution < 1.29 is 18.9 Å². The van der Waals surface area contributed by atoms with Gasteiger partial charge in [0.1, 0.15) is 12.2 Å². The maximum absolute atomic E-state index is 6.58. The zero-order chi connectivity index (χ0) is 20.3. The summed E-state index contributed by atoms with van der Waals surface area (Å²) in [5.74, 6) is 9.05. The van der Waals surface area contributed by atoms with Crippen molar-refractivity contribution in [3.63, 3.8) is 0 Å². The zero-order valence-electron chi connectivity index (χ0n) is 18.1. The molecule has 2 saturated heterocycles. The first-order valence-electron chi connectivity index (χ1n) is 11.7. The number of rotatable bonds is 10. The number of nitrogens with zero attached hydrogens (tertiary/aromatic N) is 1. The highest BCUT2D eigenvalue weighted by atomic mass is 32.2. The molecule has 1 aromatic heterocycles. The second-order valence-electron chi connectivity index (χ2n) is 9.22. The minimum Gasteiger partial charge on any atom is -0.485 e. The lowest BCUT2D eigenvalue weighted by Crippen LogP contribution is -2.24. The maximum Gasteiger partial charge on any atom is 0.244 e. The fourth-order valence-corrected chi connectivity index (χ4v) is 6.34. The number of hydrogen-bond donors (Lipinski definition) is 0. The third-order valence-corrected chi connectivity index (χ3v) is 8.84. The van der Waals surface area contributed by atoms with E-state index in [1.807, 2.05) is 30.6 Å². The Hall–Kier alpha value is -0.820. The summed E-state index contributed by atoms with van der Waals surface area (Å²) in [6.07, 6.45) is 10.1. The molecule has 5 nitrogen and oxygen atoms in total. The van der Waals surface area contributed by atoms with Gasteiger partial charge < -0.3 is 18.9 Å². The van der Waals surface area contributed by atoms with E-state index in [2.05, 4.69) is 4.57 Å². The van der Waals surface area contributed by atoms with Gasteiger partial charge in [0.15, 0.2) is 0 Å². The number of aromatic nitrogens is 1. The van der Waals surface area contributed by atoms with Crippen LogP contribution in [-0.2, 0) is 7.05 Å². The van der Waals surface area contributed by atoms with Gasteiger partial charge in [0, 0.05) is 12.8 Å². The summed E-state index contributed by atoms with van der Waals surface area (Å²) < 4.78 is 27.9. The van der Waals surface area contributed by atoms with Crippen molar-refractivity contribution in [3.8, 4) is 23.3 Å². The lowest BCUT2D eigenvalue weighted by atomic mass is 9.86. The molecule has 5 rings (SSSR count). The fraction of sp³-hybridized carbons (Fsp3) is 0.826. The van der Waals surface area contributed by atoms with Gasteiger partial charge in [-0.05, 0) is 74.0 Å². The number of thioether (sulfide) groups is 2. The highest BCUT2D eigenvalue weighted by molar-refractivity contribution is 7.99. The fourth-order valence-electron chi connectivity index (χ4n) is 4.18. The smallest absolute Gasteiger partial charge is 0.244 e. The Labute approximate surface area is 188 Å². The van der Waals surface area contributed by atoms with E-state index in [0.717, 1.165) is 67.2 Å². The van der Waals surface area contributed by atoms with Crippen molar-refractivity contribution in [2.45, 2.75) is 63.6 Å². The molecule has 0 bridgehead atoms. The Balaban J connectivity index is 1.42. The molecule has 1 aromatic rings. The average molecular weight is 454 g/mol. The summed E-state index contributed by atoms with van der Waals surface area (Å²) >= 11 is 3.99. The molecule has 3 heterocycles. The van der Waals surface area contributed by atoms with Gasteiger partial charge in [-0.2, -0.15) is 23.5 Å². The van der Waals surface area contributed by atoms with Gasteiger partial charge >= 0.3 is 0 Å². The van der Waals surface area contributed by atoms with Crippen LogP contribution >= 0.6 is 23.5 Å². The predicted octanol–water partition coefficient (Wildman–Crippen LogP) is 5.15. The predicted molar refractivity (Wildman–Crippen MR) is 124 cm³/mol. The van der Waals surface area contributed by atoms with Crippen LogP contribution in [0.2, 0.25) is 0 Å². The Bertz CT molecular complexity index is 705. The van der Waals surface area contributed by atoms with E-state index in [4.69, 9.17) is 18.9 Å². The van der Waals surface area contributed by atoms with Crippen molar-refractivity contribution in [2.75, 3.05) is 36.2 Å². The molecular formula is C23H35NO4S2. The lowest BCUT2D eigenvalue weighted by Gasteiger charge is -2.25. The van der Waals surface area contributed by atoms with E-state index in [1.165, 1.54) is 43.6 Å². The molecular weight excluding hydrogens is 418 g/mol. The van der Waals surface area contributed by atoms with E-state index in [1.54, 1.807) is 0 Å². The van der Waals surface area contributed by atoms with Crippen LogP contribution in [0.25, 0.3) is 0 Å². The molecule has 1 atom stereocenters. The molecule has 30 heavy (non-hydrogen) atoms. The van der Waals surface area contributed by atoms with Crippen molar-refractivity contribution in [1.29, 1.82) is 0 Å². The molecule has 4 aliphatic rings. The van der Waals surface area contributed by atoms with Crippen LogP contribution in [0.3, 0.4) is 0 Å². The minimum atomic E-state index is 0.226. The molecule has 2 saturated carbocycles. The third-order valence-electron chi connectivity index (χ3n) is 6.66. The minimum absolute atomic E-state index is 0.226. The summed E-state index contributed by atoms with van der Waals surface area (Å²) in [6.45, 7) is 1.51. The Kier molecular flexibility index (Phi) is 6.85. The molecule has 0 radical (unpaired) electrons. The van der Waals surface area contributed by atoms with Crippen LogP contribution in [0.5, 0.6) is 23.3 Å². The summed E-state index contributed by atoms with van der Waals surface area (Å²) in [5, 5.41) is 0. The molecule has 7 heteroatoms. The SMILES string of the molecule is Cn1c(OCC2CCC2)c(OCC2CC2)c(OC2CCSC2)c1OC1CCSCC1. The Morgan fingerprint density at radius 3 is 2.10 bits per heavy atom. The number of ether oxygens (including phenoxy) is 4. The summed E-state index contributed by atoms with van der Waals surface area (Å²) in [6, 6.07) is 0. The maximum atomic E-state index is 6.58. The summed E-state index contributed by atoms with van der Waals surface area (Å²) in [4.78, 5) is 0. The van der Waals surface area contributed by atoms with Gasteiger partial charge in [-0.25, -0.2) is 0 Å². The Morgan fingerprint density at radius 2 is 1.43 bits per heavy atom. The van der Waals surface area contributed by atoms with Gasteiger partial charge in [0.2, 0.25) is 23.3 Å². The van der Waals surface area contributed by atoms with Gasteiger partial charge in [0.25, 0.3) is 0 Å². The molecule has 168 valence electrons. The van der Waals surface area contributed by atoms with Gasteiger partial charge in [0.05, 0.1) is 13.2 Å². The normalized spacial score (nSPS) is 25.2. The zero-order valence-corrected chi connectivity index (χ0v) is 19.7. The first-order valence-corrected chi connectivity index (χ1v) is 14.1. The second-order valence-corrected chi connectivity index (χ2v) is 11.6.